The van der Waals surface area contributed by atoms with Crippen LogP contribution in [0.2, 0.25) is 0 Å². The first kappa shape index (κ1) is 19.9. The summed E-state index contributed by atoms with van der Waals surface area (Å²) in [6, 6.07) is -1.23. The lowest BCUT2D eigenvalue weighted by atomic mass is 9.87. The predicted molar refractivity (Wildman–Crippen MR) is 79.6 cm³/mol. The number of methoxy groups -OCH3 is 3. The van der Waals surface area contributed by atoms with Crippen LogP contribution in [0.1, 0.15) is 19.8 Å². The van der Waals surface area contributed by atoms with Crippen molar-refractivity contribution in [3.63, 3.8) is 0 Å². The summed E-state index contributed by atoms with van der Waals surface area (Å²) in [5.41, 5.74) is 0. The van der Waals surface area contributed by atoms with Gasteiger partial charge in [-0.2, -0.15) is 0 Å². The predicted octanol–water partition coefficient (Wildman–Crippen LogP) is -0.578. The molecule has 0 radical (unpaired) electrons. The number of nitrogens with one attached hydrogen (secondary N) is 1. The third-order valence-electron chi connectivity index (χ3n) is 3.94. The minimum atomic E-state index is -1.38. The van der Waals surface area contributed by atoms with Crippen molar-refractivity contribution < 1.29 is 38.1 Å². The maximum Gasteiger partial charge on any atom is 0.328 e. The lowest BCUT2D eigenvalue weighted by molar-refractivity contribution is -0.163. The lowest BCUT2D eigenvalue weighted by Gasteiger charge is -2.27. The average Bonchev–Trinajstić information content (AvgIpc) is 3.12. The Morgan fingerprint density at radius 2 is 1.54 bits per heavy atom. The maximum absolute atomic E-state index is 12.2. The highest BCUT2D eigenvalue weighted by molar-refractivity contribution is 5.96. The molecule has 0 spiro atoms. The minimum Gasteiger partial charge on any atom is -0.468 e. The van der Waals surface area contributed by atoms with Gasteiger partial charge in [0.05, 0.1) is 21.3 Å². The van der Waals surface area contributed by atoms with Crippen LogP contribution in [0.25, 0.3) is 0 Å². The molecule has 0 aromatic rings. The van der Waals surface area contributed by atoms with Crippen molar-refractivity contribution >= 4 is 23.8 Å². The van der Waals surface area contributed by atoms with Crippen LogP contribution in [0.4, 0.5) is 0 Å². The molecule has 1 N–H and O–H groups in total. The highest BCUT2D eigenvalue weighted by atomic mass is 16.5. The van der Waals surface area contributed by atoms with E-state index in [-0.39, 0.29) is 0 Å². The SMILES string of the molecule is COC(=O)C(C(=O)OC)[C@@H](C)[C@@H](NC(=O)[C@H]1CCCO1)C(=O)OC. The smallest absolute Gasteiger partial charge is 0.328 e. The molecule has 24 heavy (non-hydrogen) atoms. The first-order chi connectivity index (χ1) is 11.4. The van der Waals surface area contributed by atoms with Crippen molar-refractivity contribution in [2.24, 2.45) is 11.8 Å². The normalized spacial score (nSPS) is 19.3. The second-order valence-electron chi connectivity index (χ2n) is 5.39. The number of esters is 3. The van der Waals surface area contributed by atoms with Gasteiger partial charge in [0.25, 0.3) is 0 Å². The van der Waals surface area contributed by atoms with E-state index in [4.69, 9.17) is 4.74 Å². The summed E-state index contributed by atoms with van der Waals surface area (Å²) >= 11 is 0. The molecule has 1 amide bonds. The van der Waals surface area contributed by atoms with Gasteiger partial charge in [-0.3, -0.25) is 14.4 Å². The molecular weight excluding hydrogens is 322 g/mol. The Morgan fingerprint density at radius 3 is 1.96 bits per heavy atom. The van der Waals surface area contributed by atoms with Crippen molar-refractivity contribution in [1.82, 2.24) is 5.32 Å². The fourth-order valence-electron chi connectivity index (χ4n) is 2.53. The Balaban J connectivity index is 2.98. The van der Waals surface area contributed by atoms with Crippen molar-refractivity contribution in [1.29, 1.82) is 0 Å². The molecule has 0 saturated carbocycles. The van der Waals surface area contributed by atoms with E-state index >= 15 is 0 Å². The summed E-state index contributed by atoms with van der Waals surface area (Å²) < 4.78 is 19.1. The Labute approximate surface area is 139 Å². The molecule has 3 atom stereocenters. The molecule has 0 unspecified atom stereocenters. The average molecular weight is 345 g/mol. The molecule has 0 bridgehead atoms. The summed E-state index contributed by atoms with van der Waals surface area (Å²) in [6.07, 6.45) is 0.605. The molecule has 1 aliphatic heterocycles. The number of rotatable bonds is 7. The number of ether oxygens (including phenoxy) is 4. The van der Waals surface area contributed by atoms with E-state index < -0.39 is 47.8 Å². The number of hydrogen-bond acceptors (Lipinski definition) is 8. The number of carbonyl (C=O) groups is 4. The third-order valence-corrected chi connectivity index (χ3v) is 3.94. The van der Waals surface area contributed by atoms with Crippen LogP contribution >= 0.6 is 0 Å². The first-order valence-corrected chi connectivity index (χ1v) is 7.52. The zero-order chi connectivity index (χ0) is 18.3. The molecule has 1 fully saturated rings. The Morgan fingerprint density at radius 1 is 1.00 bits per heavy atom. The van der Waals surface area contributed by atoms with Gasteiger partial charge in [-0.05, 0) is 12.8 Å². The third kappa shape index (κ3) is 4.67. The summed E-state index contributed by atoms with van der Waals surface area (Å²) in [5, 5.41) is 2.49. The molecule has 9 heteroatoms. The molecule has 9 nitrogen and oxygen atoms in total. The highest BCUT2D eigenvalue weighted by Gasteiger charge is 2.43. The maximum atomic E-state index is 12.2. The standard InChI is InChI=1S/C15H23NO8/c1-8(10(13(18)21-2)14(19)22-3)11(15(20)23-4)16-12(17)9-6-5-7-24-9/h8-11H,5-7H2,1-4H3,(H,16,17)/t8-,9-,11-/m1/s1. The van der Waals surface area contributed by atoms with Gasteiger partial charge in [-0.25, -0.2) is 4.79 Å². The summed E-state index contributed by atoms with van der Waals surface area (Å²) in [6.45, 7) is 1.92. The van der Waals surface area contributed by atoms with Gasteiger partial charge in [0.2, 0.25) is 5.91 Å². The summed E-state index contributed by atoms with van der Waals surface area (Å²) in [4.78, 5) is 48.1. The van der Waals surface area contributed by atoms with Gasteiger partial charge in [0.1, 0.15) is 12.1 Å². The Hall–Kier alpha value is -2.16. The molecule has 0 aromatic carbocycles. The van der Waals surface area contributed by atoms with E-state index in [2.05, 4.69) is 19.5 Å². The monoisotopic (exact) mass is 345 g/mol. The Bertz CT molecular complexity index is 470. The summed E-state index contributed by atoms with van der Waals surface area (Å²) in [5.74, 6) is -5.34. The van der Waals surface area contributed by atoms with Crippen LogP contribution in [0.15, 0.2) is 0 Å². The van der Waals surface area contributed by atoms with Crippen LogP contribution in [0.5, 0.6) is 0 Å². The van der Waals surface area contributed by atoms with E-state index in [0.29, 0.717) is 13.0 Å². The fourth-order valence-corrected chi connectivity index (χ4v) is 2.53. The van der Waals surface area contributed by atoms with Crippen LogP contribution in [-0.2, 0) is 38.1 Å². The van der Waals surface area contributed by atoms with Gasteiger partial charge in [0.15, 0.2) is 5.92 Å². The van der Waals surface area contributed by atoms with E-state index in [9.17, 15) is 19.2 Å². The van der Waals surface area contributed by atoms with Gasteiger partial charge in [-0.1, -0.05) is 6.92 Å². The quantitative estimate of drug-likeness (QED) is 0.370. The molecule has 1 saturated heterocycles. The highest BCUT2D eigenvalue weighted by Crippen LogP contribution is 2.21. The van der Waals surface area contributed by atoms with Crippen molar-refractivity contribution in [2.45, 2.75) is 31.9 Å². The second-order valence-corrected chi connectivity index (χ2v) is 5.39. The van der Waals surface area contributed by atoms with Crippen molar-refractivity contribution in [3.05, 3.63) is 0 Å². The van der Waals surface area contributed by atoms with Crippen molar-refractivity contribution in [3.8, 4) is 0 Å². The van der Waals surface area contributed by atoms with E-state index in [1.807, 2.05) is 0 Å². The molecule has 1 aliphatic rings. The van der Waals surface area contributed by atoms with Crippen molar-refractivity contribution in [2.75, 3.05) is 27.9 Å². The fraction of sp³-hybridized carbons (Fsp3) is 0.733. The van der Waals surface area contributed by atoms with Crippen LogP contribution in [-0.4, -0.2) is 63.9 Å². The summed E-state index contributed by atoms with van der Waals surface area (Å²) in [7, 11) is 3.37. The topological polar surface area (TPSA) is 117 Å². The van der Waals surface area contributed by atoms with Gasteiger partial charge < -0.3 is 24.3 Å². The molecule has 1 rings (SSSR count). The minimum absolute atomic E-state index is 0.462. The van der Waals surface area contributed by atoms with E-state index in [1.54, 1.807) is 0 Å². The zero-order valence-corrected chi connectivity index (χ0v) is 14.2. The second kappa shape index (κ2) is 9.21. The lowest BCUT2D eigenvalue weighted by Crippen LogP contribution is -2.53. The Kier molecular flexibility index (Phi) is 7.63. The van der Waals surface area contributed by atoms with E-state index in [1.165, 1.54) is 6.92 Å². The zero-order valence-electron chi connectivity index (χ0n) is 14.2. The van der Waals surface area contributed by atoms with Crippen LogP contribution in [0.3, 0.4) is 0 Å². The van der Waals surface area contributed by atoms with Gasteiger partial charge >= 0.3 is 17.9 Å². The number of hydrogen-bond donors (Lipinski definition) is 1. The molecule has 0 aromatic heterocycles. The van der Waals surface area contributed by atoms with Crippen LogP contribution < -0.4 is 5.32 Å². The van der Waals surface area contributed by atoms with Gasteiger partial charge in [0, 0.05) is 12.5 Å². The largest absolute Gasteiger partial charge is 0.468 e. The number of carbonyl (C=O) groups excluding carboxylic acids is 4. The van der Waals surface area contributed by atoms with E-state index in [0.717, 1.165) is 27.8 Å². The number of amides is 1. The molecule has 0 aliphatic carbocycles. The molecule has 136 valence electrons. The first-order valence-electron chi connectivity index (χ1n) is 7.52. The molecular formula is C15H23NO8. The molecule has 1 heterocycles. The van der Waals surface area contributed by atoms with Crippen LogP contribution in [0, 0.1) is 11.8 Å². The van der Waals surface area contributed by atoms with Gasteiger partial charge in [-0.15, -0.1) is 0 Å².